The zero-order valence-electron chi connectivity index (χ0n) is 14.3. The second-order valence-electron chi connectivity index (χ2n) is 5.82. The number of anilines is 3. The van der Waals surface area contributed by atoms with E-state index in [4.69, 9.17) is 0 Å². The average molecular weight is 337 g/mol. The molecule has 2 aromatic heterocycles. The number of hydrogen-bond donors (Lipinski definition) is 1. The summed E-state index contributed by atoms with van der Waals surface area (Å²) in [5.41, 5.74) is 2.40. The van der Waals surface area contributed by atoms with Gasteiger partial charge in [-0.05, 0) is 43.2 Å². The molecule has 128 valence electrons. The van der Waals surface area contributed by atoms with Crippen LogP contribution in [0.5, 0.6) is 0 Å². The van der Waals surface area contributed by atoms with Crippen molar-refractivity contribution in [1.82, 2.24) is 15.0 Å². The Labute approximate surface area is 146 Å². The number of nitrogens with one attached hydrogen (secondary N) is 1. The van der Waals surface area contributed by atoms with Gasteiger partial charge in [0.1, 0.15) is 11.6 Å². The van der Waals surface area contributed by atoms with Gasteiger partial charge in [0.15, 0.2) is 0 Å². The molecule has 0 amide bonds. The van der Waals surface area contributed by atoms with E-state index in [0.717, 1.165) is 24.5 Å². The molecule has 0 saturated heterocycles. The minimum atomic E-state index is -0.333. The number of rotatable bonds is 6. The molecule has 0 aliphatic rings. The highest BCUT2D eigenvalue weighted by Crippen LogP contribution is 2.20. The third-order valence-electron chi connectivity index (χ3n) is 3.84. The number of para-hydroxylation sites is 1. The lowest BCUT2D eigenvalue weighted by atomic mass is 10.2. The predicted octanol–water partition coefficient (Wildman–Crippen LogP) is 3.74. The maximum absolute atomic E-state index is 13.8. The molecule has 3 aromatic rings. The normalized spacial score (nSPS) is 10.5. The molecule has 3 rings (SSSR count). The highest BCUT2D eigenvalue weighted by Gasteiger charge is 2.09. The van der Waals surface area contributed by atoms with E-state index in [1.54, 1.807) is 30.6 Å². The highest BCUT2D eigenvalue weighted by atomic mass is 19.1. The molecule has 0 aliphatic carbocycles. The van der Waals surface area contributed by atoms with Crippen molar-refractivity contribution in [3.05, 3.63) is 71.9 Å². The van der Waals surface area contributed by atoms with Gasteiger partial charge < -0.3 is 10.2 Å². The highest BCUT2D eigenvalue weighted by molar-refractivity contribution is 5.56. The van der Waals surface area contributed by atoms with Crippen LogP contribution in [0.3, 0.4) is 0 Å². The molecule has 1 N–H and O–H groups in total. The van der Waals surface area contributed by atoms with Crippen LogP contribution in [0.25, 0.3) is 0 Å². The number of benzene rings is 1. The SMILES string of the molecule is Cc1cc(N(C)CCc2ccncc2)nc(Nc2ccccc2F)n1. The van der Waals surface area contributed by atoms with E-state index in [-0.39, 0.29) is 5.82 Å². The van der Waals surface area contributed by atoms with Crippen LogP contribution in [0.15, 0.2) is 54.9 Å². The van der Waals surface area contributed by atoms with Crippen LogP contribution in [-0.2, 0) is 6.42 Å². The van der Waals surface area contributed by atoms with Crippen LogP contribution in [-0.4, -0.2) is 28.5 Å². The van der Waals surface area contributed by atoms with Gasteiger partial charge in [0, 0.05) is 37.7 Å². The Bertz CT molecular complexity index is 838. The van der Waals surface area contributed by atoms with Crippen molar-refractivity contribution in [1.29, 1.82) is 0 Å². The molecule has 5 nitrogen and oxygen atoms in total. The van der Waals surface area contributed by atoms with E-state index in [2.05, 4.69) is 25.2 Å². The van der Waals surface area contributed by atoms with Crippen molar-refractivity contribution in [2.24, 2.45) is 0 Å². The first kappa shape index (κ1) is 16.8. The van der Waals surface area contributed by atoms with Gasteiger partial charge in [0.25, 0.3) is 0 Å². The number of nitrogens with zero attached hydrogens (tertiary/aromatic N) is 4. The van der Waals surface area contributed by atoms with Gasteiger partial charge >= 0.3 is 0 Å². The van der Waals surface area contributed by atoms with E-state index in [9.17, 15) is 4.39 Å². The third-order valence-corrected chi connectivity index (χ3v) is 3.84. The molecule has 1 aromatic carbocycles. The number of hydrogen-bond acceptors (Lipinski definition) is 5. The van der Waals surface area contributed by atoms with Gasteiger partial charge in [0.05, 0.1) is 5.69 Å². The quantitative estimate of drug-likeness (QED) is 0.742. The molecule has 0 radical (unpaired) electrons. The van der Waals surface area contributed by atoms with Crippen LogP contribution in [0, 0.1) is 12.7 Å². The Hall–Kier alpha value is -3.02. The van der Waals surface area contributed by atoms with E-state index in [1.807, 2.05) is 32.2 Å². The minimum absolute atomic E-state index is 0.333. The fourth-order valence-corrected chi connectivity index (χ4v) is 2.45. The summed E-state index contributed by atoms with van der Waals surface area (Å²) in [6, 6.07) is 12.4. The first-order valence-electron chi connectivity index (χ1n) is 8.09. The lowest BCUT2D eigenvalue weighted by molar-refractivity contribution is 0.631. The van der Waals surface area contributed by atoms with Crippen LogP contribution in [0.1, 0.15) is 11.3 Å². The number of likely N-dealkylation sites (N-methyl/N-ethyl adjacent to an activating group) is 1. The summed E-state index contributed by atoms with van der Waals surface area (Å²) >= 11 is 0. The van der Waals surface area contributed by atoms with Crippen LogP contribution >= 0.6 is 0 Å². The molecule has 0 saturated carbocycles. The maximum atomic E-state index is 13.8. The summed E-state index contributed by atoms with van der Waals surface area (Å²) in [6.45, 7) is 2.70. The first-order chi connectivity index (χ1) is 12.1. The fourth-order valence-electron chi connectivity index (χ4n) is 2.45. The van der Waals surface area contributed by atoms with Gasteiger partial charge in [-0.2, -0.15) is 4.98 Å². The number of pyridine rings is 1. The van der Waals surface area contributed by atoms with Crippen molar-refractivity contribution in [3.8, 4) is 0 Å². The molecule has 0 atom stereocenters. The Morgan fingerprint density at radius 3 is 2.60 bits per heavy atom. The number of aromatic nitrogens is 3. The molecule has 0 spiro atoms. The molecule has 0 unspecified atom stereocenters. The number of aryl methyl sites for hydroxylation is 1. The summed E-state index contributed by atoms with van der Waals surface area (Å²) < 4.78 is 13.8. The molecular formula is C19H20FN5. The second kappa shape index (κ2) is 7.70. The lowest BCUT2D eigenvalue weighted by Crippen LogP contribution is -2.22. The van der Waals surface area contributed by atoms with Crippen molar-refractivity contribution in [2.75, 3.05) is 23.8 Å². The number of halogens is 1. The largest absolute Gasteiger partial charge is 0.359 e. The van der Waals surface area contributed by atoms with Gasteiger partial charge in [-0.1, -0.05) is 12.1 Å². The van der Waals surface area contributed by atoms with E-state index < -0.39 is 0 Å². The van der Waals surface area contributed by atoms with Crippen molar-refractivity contribution in [3.63, 3.8) is 0 Å². The van der Waals surface area contributed by atoms with Gasteiger partial charge in [-0.15, -0.1) is 0 Å². The van der Waals surface area contributed by atoms with Crippen molar-refractivity contribution < 1.29 is 4.39 Å². The Morgan fingerprint density at radius 1 is 1.08 bits per heavy atom. The molecule has 0 aliphatic heterocycles. The molecule has 25 heavy (non-hydrogen) atoms. The van der Waals surface area contributed by atoms with Crippen molar-refractivity contribution >= 4 is 17.5 Å². The van der Waals surface area contributed by atoms with Crippen LogP contribution in [0.2, 0.25) is 0 Å². The van der Waals surface area contributed by atoms with Gasteiger partial charge in [-0.3, -0.25) is 4.98 Å². The Balaban J connectivity index is 1.73. The molecule has 0 bridgehead atoms. The predicted molar refractivity (Wildman–Crippen MR) is 97.7 cm³/mol. The van der Waals surface area contributed by atoms with Crippen LogP contribution in [0.4, 0.5) is 21.8 Å². The summed E-state index contributed by atoms with van der Waals surface area (Å²) in [6.07, 6.45) is 4.47. The second-order valence-corrected chi connectivity index (χ2v) is 5.82. The van der Waals surface area contributed by atoms with E-state index in [1.165, 1.54) is 11.6 Å². The minimum Gasteiger partial charge on any atom is -0.359 e. The standard InChI is InChI=1S/C19H20FN5/c1-14-13-18(25(2)12-9-15-7-10-21-11-8-15)24-19(22-14)23-17-6-4-3-5-16(17)20/h3-8,10-11,13H,9,12H2,1-2H3,(H,22,23,24). The van der Waals surface area contributed by atoms with Gasteiger partial charge in [0.2, 0.25) is 5.95 Å². The van der Waals surface area contributed by atoms with Crippen LogP contribution < -0.4 is 10.2 Å². The monoisotopic (exact) mass is 337 g/mol. The molecule has 2 heterocycles. The molecule has 0 fully saturated rings. The van der Waals surface area contributed by atoms with Crippen molar-refractivity contribution in [2.45, 2.75) is 13.3 Å². The third kappa shape index (κ3) is 4.50. The van der Waals surface area contributed by atoms with Gasteiger partial charge in [-0.25, -0.2) is 9.37 Å². The fraction of sp³-hybridized carbons (Fsp3) is 0.211. The average Bonchev–Trinajstić information content (AvgIpc) is 2.62. The first-order valence-corrected chi connectivity index (χ1v) is 8.09. The zero-order chi connectivity index (χ0) is 17.6. The maximum Gasteiger partial charge on any atom is 0.229 e. The Morgan fingerprint density at radius 2 is 1.84 bits per heavy atom. The summed E-state index contributed by atoms with van der Waals surface area (Å²) in [4.78, 5) is 14.9. The molecular weight excluding hydrogens is 317 g/mol. The molecule has 6 heteroatoms. The van der Waals surface area contributed by atoms with E-state index in [0.29, 0.717) is 11.6 Å². The lowest BCUT2D eigenvalue weighted by Gasteiger charge is -2.19. The zero-order valence-corrected chi connectivity index (χ0v) is 14.3. The Kier molecular flexibility index (Phi) is 5.18. The summed E-state index contributed by atoms with van der Waals surface area (Å²) in [5.74, 6) is 0.844. The topological polar surface area (TPSA) is 53.9 Å². The summed E-state index contributed by atoms with van der Waals surface area (Å²) in [7, 11) is 1.98. The van der Waals surface area contributed by atoms with E-state index >= 15 is 0 Å². The smallest absolute Gasteiger partial charge is 0.229 e. The summed E-state index contributed by atoms with van der Waals surface area (Å²) in [5, 5.41) is 2.95.